The van der Waals surface area contributed by atoms with Gasteiger partial charge in [-0.05, 0) is 68.4 Å². The summed E-state index contributed by atoms with van der Waals surface area (Å²) >= 11 is 0. The number of hydrogen-bond donors (Lipinski definition) is 0. The maximum atomic E-state index is 13.5. The van der Waals surface area contributed by atoms with Gasteiger partial charge in [0.25, 0.3) is 5.69 Å². The van der Waals surface area contributed by atoms with Crippen molar-refractivity contribution in [2.45, 2.75) is 38.5 Å². The van der Waals surface area contributed by atoms with Gasteiger partial charge >= 0.3 is 0 Å². The molecule has 6 rings (SSSR count). The van der Waals surface area contributed by atoms with Crippen LogP contribution >= 0.6 is 0 Å². The fourth-order valence-electron chi connectivity index (χ4n) is 6.90. The summed E-state index contributed by atoms with van der Waals surface area (Å²) in [6, 6.07) is 6.38. The standard InChI is InChI=1S/C24H29N3O4/c28-22(6-5-20-3-1-2-4-21(20)27(30)31)25-7-9-26(10-8-25)23(29)24-14-17-11-18(15-24)13-19(12-17)16-24/h1-6,17-19H,7-16H2/b6-5+. The number of amides is 2. The Morgan fingerprint density at radius 3 is 2.06 bits per heavy atom. The van der Waals surface area contributed by atoms with Gasteiger partial charge in [-0.2, -0.15) is 0 Å². The minimum atomic E-state index is -0.445. The lowest BCUT2D eigenvalue weighted by Gasteiger charge is -2.57. The zero-order valence-electron chi connectivity index (χ0n) is 17.7. The van der Waals surface area contributed by atoms with Gasteiger partial charge in [0.1, 0.15) is 0 Å². The van der Waals surface area contributed by atoms with E-state index in [0.717, 1.165) is 37.0 Å². The quantitative estimate of drug-likeness (QED) is 0.422. The van der Waals surface area contributed by atoms with Crippen LogP contribution < -0.4 is 0 Å². The molecule has 5 aliphatic rings. The number of rotatable bonds is 4. The lowest BCUT2D eigenvalue weighted by Crippen LogP contribution is -2.58. The van der Waals surface area contributed by atoms with Gasteiger partial charge in [-0.15, -0.1) is 0 Å². The van der Waals surface area contributed by atoms with Gasteiger partial charge in [0.05, 0.1) is 15.9 Å². The van der Waals surface area contributed by atoms with Gasteiger partial charge in [0.2, 0.25) is 11.8 Å². The normalized spacial score (nSPS) is 31.9. The van der Waals surface area contributed by atoms with E-state index < -0.39 is 4.92 Å². The molecule has 0 N–H and O–H groups in total. The van der Waals surface area contributed by atoms with E-state index in [0.29, 0.717) is 37.6 Å². The summed E-state index contributed by atoms with van der Waals surface area (Å²) in [6.07, 6.45) is 10.1. The zero-order valence-corrected chi connectivity index (χ0v) is 17.7. The molecule has 4 saturated carbocycles. The summed E-state index contributed by atoms with van der Waals surface area (Å²) in [4.78, 5) is 40.5. The van der Waals surface area contributed by atoms with Gasteiger partial charge in [0.15, 0.2) is 0 Å². The summed E-state index contributed by atoms with van der Waals surface area (Å²) in [5, 5.41) is 11.1. The topological polar surface area (TPSA) is 83.8 Å². The van der Waals surface area contributed by atoms with Crippen molar-refractivity contribution in [1.82, 2.24) is 9.80 Å². The number of carbonyl (C=O) groups excluding carboxylic acids is 2. The number of hydrogen-bond acceptors (Lipinski definition) is 4. The molecule has 0 radical (unpaired) electrons. The molecule has 1 aromatic carbocycles. The first kappa shape index (κ1) is 20.2. The van der Waals surface area contributed by atoms with E-state index in [1.54, 1.807) is 23.1 Å². The highest BCUT2D eigenvalue weighted by Gasteiger charge is 2.55. The summed E-state index contributed by atoms with van der Waals surface area (Å²) in [7, 11) is 0. The number of piperazine rings is 1. The number of nitro benzene ring substituents is 1. The van der Waals surface area contributed by atoms with Crippen LogP contribution in [0.3, 0.4) is 0 Å². The molecule has 7 heteroatoms. The second kappa shape index (κ2) is 7.77. The second-order valence-corrected chi connectivity index (χ2v) is 9.96. The molecular weight excluding hydrogens is 394 g/mol. The highest BCUT2D eigenvalue weighted by atomic mass is 16.6. The van der Waals surface area contributed by atoms with Crippen LogP contribution in [-0.4, -0.2) is 52.7 Å². The Balaban J connectivity index is 1.20. The molecule has 0 spiro atoms. The van der Waals surface area contributed by atoms with Gasteiger partial charge in [-0.25, -0.2) is 0 Å². The fraction of sp³-hybridized carbons (Fsp3) is 0.583. The molecule has 4 bridgehead atoms. The highest BCUT2D eigenvalue weighted by Crippen LogP contribution is 2.60. The van der Waals surface area contributed by atoms with E-state index in [9.17, 15) is 19.7 Å². The Hall–Kier alpha value is -2.70. The lowest BCUT2D eigenvalue weighted by atomic mass is 9.49. The molecule has 1 heterocycles. The average Bonchev–Trinajstić information content (AvgIpc) is 2.76. The van der Waals surface area contributed by atoms with Gasteiger partial charge < -0.3 is 9.80 Å². The Bertz CT molecular complexity index is 897. The van der Waals surface area contributed by atoms with Crippen molar-refractivity contribution in [3.63, 3.8) is 0 Å². The fourth-order valence-corrected chi connectivity index (χ4v) is 6.90. The van der Waals surface area contributed by atoms with Crippen LogP contribution in [0, 0.1) is 33.3 Å². The van der Waals surface area contributed by atoms with E-state index in [2.05, 4.69) is 0 Å². The summed E-state index contributed by atoms with van der Waals surface area (Å²) < 4.78 is 0. The Morgan fingerprint density at radius 2 is 1.48 bits per heavy atom. The molecule has 2 amide bonds. The zero-order chi connectivity index (χ0) is 21.6. The van der Waals surface area contributed by atoms with E-state index in [1.807, 2.05) is 4.90 Å². The number of carbonyl (C=O) groups is 2. The van der Waals surface area contributed by atoms with Crippen molar-refractivity contribution in [3.05, 3.63) is 46.0 Å². The van der Waals surface area contributed by atoms with Crippen LogP contribution in [0.4, 0.5) is 5.69 Å². The Morgan fingerprint density at radius 1 is 0.935 bits per heavy atom. The van der Waals surface area contributed by atoms with E-state index in [1.165, 1.54) is 37.5 Å². The predicted octanol–water partition coefficient (Wildman–Crippen LogP) is 3.50. The van der Waals surface area contributed by atoms with Crippen LogP contribution in [-0.2, 0) is 9.59 Å². The summed E-state index contributed by atoms with van der Waals surface area (Å²) in [6.45, 7) is 2.17. The largest absolute Gasteiger partial charge is 0.339 e. The molecular formula is C24H29N3O4. The maximum Gasteiger partial charge on any atom is 0.276 e. The number of nitrogens with zero attached hydrogens (tertiary/aromatic N) is 3. The van der Waals surface area contributed by atoms with Crippen LogP contribution in [0.5, 0.6) is 0 Å². The third-order valence-electron chi connectivity index (χ3n) is 7.91. The third kappa shape index (κ3) is 3.75. The van der Waals surface area contributed by atoms with Crippen molar-refractivity contribution in [1.29, 1.82) is 0 Å². The molecule has 164 valence electrons. The second-order valence-electron chi connectivity index (χ2n) is 9.96. The molecule has 7 nitrogen and oxygen atoms in total. The van der Waals surface area contributed by atoms with E-state index >= 15 is 0 Å². The van der Waals surface area contributed by atoms with Crippen molar-refractivity contribution < 1.29 is 14.5 Å². The van der Waals surface area contributed by atoms with E-state index in [4.69, 9.17) is 0 Å². The average molecular weight is 424 g/mol. The minimum absolute atomic E-state index is 0.0162. The van der Waals surface area contributed by atoms with Crippen molar-refractivity contribution in [2.75, 3.05) is 26.2 Å². The van der Waals surface area contributed by atoms with Crippen LogP contribution in [0.15, 0.2) is 30.3 Å². The van der Waals surface area contributed by atoms with Gasteiger partial charge in [-0.1, -0.05) is 12.1 Å². The number of nitro groups is 1. The molecule has 0 aromatic heterocycles. The number of para-hydroxylation sites is 1. The minimum Gasteiger partial charge on any atom is -0.339 e. The molecule has 31 heavy (non-hydrogen) atoms. The third-order valence-corrected chi connectivity index (χ3v) is 7.91. The van der Waals surface area contributed by atoms with E-state index in [-0.39, 0.29) is 17.0 Å². The predicted molar refractivity (Wildman–Crippen MR) is 116 cm³/mol. The number of benzene rings is 1. The molecule has 1 aliphatic heterocycles. The first-order valence-corrected chi connectivity index (χ1v) is 11.4. The van der Waals surface area contributed by atoms with Crippen LogP contribution in [0.25, 0.3) is 6.08 Å². The van der Waals surface area contributed by atoms with Gasteiger partial charge in [-0.3, -0.25) is 19.7 Å². The van der Waals surface area contributed by atoms with Gasteiger partial charge in [0, 0.05) is 38.3 Å². The van der Waals surface area contributed by atoms with Crippen LogP contribution in [0.2, 0.25) is 0 Å². The first-order valence-electron chi connectivity index (χ1n) is 11.4. The monoisotopic (exact) mass is 423 g/mol. The summed E-state index contributed by atoms with van der Waals surface area (Å²) in [5.41, 5.74) is 0.265. The van der Waals surface area contributed by atoms with Crippen molar-refractivity contribution in [3.8, 4) is 0 Å². The lowest BCUT2D eigenvalue weighted by molar-refractivity contribution is -0.385. The Labute approximate surface area is 182 Å². The van der Waals surface area contributed by atoms with Crippen molar-refractivity contribution in [2.24, 2.45) is 23.2 Å². The smallest absolute Gasteiger partial charge is 0.276 e. The summed E-state index contributed by atoms with van der Waals surface area (Å²) in [5.74, 6) is 2.38. The molecule has 0 atom stereocenters. The molecule has 0 unspecified atom stereocenters. The molecule has 5 fully saturated rings. The van der Waals surface area contributed by atoms with Crippen molar-refractivity contribution >= 4 is 23.6 Å². The van der Waals surface area contributed by atoms with Crippen LogP contribution in [0.1, 0.15) is 44.1 Å². The SMILES string of the molecule is O=C(/C=C/c1ccccc1[N+](=O)[O-])N1CCN(C(=O)C23CC4CC(CC(C4)C2)C3)CC1. The first-order chi connectivity index (χ1) is 14.9. The molecule has 1 saturated heterocycles. The highest BCUT2D eigenvalue weighted by molar-refractivity contribution is 5.92. The molecule has 1 aromatic rings. The molecule has 4 aliphatic carbocycles. The Kier molecular flexibility index (Phi) is 5.07. The maximum absolute atomic E-state index is 13.5.